The van der Waals surface area contributed by atoms with E-state index < -0.39 is 20.5 Å². The minimum atomic E-state index is -3.96. The van der Waals surface area contributed by atoms with Crippen LogP contribution >= 0.6 is 26.6 Å². The van der Waals surface area contributed by atoms with Gasteiger partial charge in [-0.05, 0) is 29.3 Å². The van der Waals surface area contributed by atoms with Crippen molar-refractivity contribution in [1.29, 1.82) is 0 Å². The Balaban J connectivity index is 2.21. The fourth-order valence-electron chi connectivity index (χ4n) is 1.73. The summed E-state index contributed by atoms with van der Waals surface area (Å²) in [6, 6.07) is 1.08. The van der Waals surface area contributed by atoms with Crippen molar-refractivity contribution in [3.63, 3.8) is 0 Å². The molecule has 6 nitrogen and oxygen atoms in total. The molecule has 0 bridgehead atoms. The average Bonchev–Trinajstić information content (AvgIpc) is 2.84. The van der Waals surface area contributed by atoms with Crippen molar-refractivity contribution in [2.75, 3.05) is 13.2 Å². The molecule has 0 aromatic carbocycles. The number of ether oxygens (including phenoxy) is 1. The number of halogens is 2. The van der Waals surface area contributed by atoms with E-state index in [1.54, 1.807) is 0 Å². The van der Waals surface area contributed by atoms with E-state index in [9.17, 15) is 13.2 Å². The van der Waals surface area contributed by atoms with Crippen LogP contribution in [0, 0.1) is 0 Å². The van der Waals surface area contributed by atoms with Crippen molar-refractivity contribution in [3.05, 3.63) is 16.5 Å². The van der Waals surface area contributed by atoms with Crippen molar-refractivity contribution >= 4 is 41.6 Å². The lowest BCUT2D eigenvalue weighted by Crippen LogP contribution is -2.46. The van der Waals surface area contributed by atoms with Crippen LogP contribution in [0.3, 0.4) is 0 Å². The molecule has 1 aliphatic heterocycles. The Labute approximate surface area is 123 Å². The predicted octanol–water partition coefficient (Wildman–Crippen LogP) is 1.88. The van der Waals surface area contributed by atoms with E-state index >= 15 is 0 Å². The average molecular weight is 373 g/mol. The summed E-state index contributed by atoms with van der Waals surface area (Å²) in [6.45, 7) is 2.82. The number of nitrogens with one attached hydrogen (secondary N) is 1. The molecule has 2 heterocycles. The van der Waals surface area contributed by atoms with Crippen molar-refractivity contribution in [3.8, 4) is 0 Å². The van der Waals surface area contributed by atoms with Gasteiger partial charge in [-0.2, -0.15) is 0 Å². The van der Waals surface area contributed by atoms with Crippen LogP contribution < -0.4 is 5.32 Å². The quantitative estimate of drug-likeness (QED) is 0.819. The van der Waals surface area contributed by atoms with E-state index in [-0.39, 0.29) is 15.3 Å². The van der Waals surface area contributed by atoms with Crippen molar-refractivity contribution in [2.24, 2.45) is 0 Å². The molecular formula is C10H11BrClNO5S. The molecule has 1 amide bonds. The van der Waals surface area contributed by atoms with Crippen LogP contribution in [0.25, 0.3) is 0 Å². The highest BCUT2D eigenvalue weighted by Crippen LogP contribution is 2.29. The van der Waals surface area contributed by atoms with Crippen LogP contribution in [0.15, 0.2) is 20.0 Å². The van der Waals surface area contributed by atoms with E-state index in [0.717, 1.165) is 6.07 Å². The third-order valence-corrected chi connectivity index (χ3v) is 4.95. The molecule has 1 aliphatic rings. The fourth-order valence-corrected chi connectivity index (χ4v) is 3.76. The number of hydrogen-bond donors (Lipinski definition) is 1. The molecule has 0 aliphatic carbocycles. The Morgan fingerprint density at radius 3 is 2.74 bits per heavy atom. The third-order valence-electron chi connectivity index (χ3n) is 2.78. The monoisotopic (exact) mass is 371 g/mol. The van der Waals surface area contributed by atoms with Gasteiger partial charge in [0.15, 0.2) is 10.4 Å². The summed E-state index contributed by atoms with van der Waals surface area (Å²) in [5, 5.41) is 2.75. The van der Waals surface area contributed by atoms with Gasteiger partial charge in [0.1, 0.15) is 4.90 Å². The first-order valence-electron chi connectivity index (χ1n) is 5.35. The standard InChI is InChI=1S/C10H11BrClNO5S/c1-10(2-3-17-5-10)13-9(14)6-4-7(8(11)18-6)19(12,15)16/h4H,2-3,5H2,1H3,(H,13,14). The normalized spacial score (nSPS) is 23.5. The van der Waals surface area contributed by atoms with Crippen LogP contribution in [0.1, 0.15) is 23.9 Å². The van der Waals surface area contributed by atoms with Gasteiger partial charge >= 0.3 is 0 Å². The molecule has 1 N–H and O–H groups in total. The van der Waals surface area contributed by atoms with Crippen molar-refractivity contribution in [2.45, 2.75) is 23.8 Å². The molecule has 1 aromatic heterocycles. The first-order chi connectivity index (χ1) is 8.71. The lowest BCUT2D eigenvalue weighted by molar-refractivity contribution is 0.0860. The molecule has 1 aromatic rings. The maximum atomic E-state index is 12.0. The topological polar surface area (TPSA) is 85.6 Å². The zero-order valence-corrected chi connectivity index (χ0v) is 13.1. The molecule has 9 heteroatoms. The van der Waals surface area contributed by atoms with Crippen molar-refractivity contribution < 1.29 is 22.4 Å². The second-order valence-electron chi connectivity index (χ2n) is 4.50. The summed E-state index contributed by atoms with van der Waals surface area (Å²) < 4.78 is 32.6. The Morgan fingerprint density at radius 1 is 1.58 bits per heavy atom. The molecule has 106 valence electrons. The minimum Gasteiger partial charge on any atom is -0.443 e. The van der Waals surface area contributed by atoms with Gasteiger partial charge < -0.3 is 14.5 Å². The van der Waals surface area contributed by atoms with Crippen LogP contribution in [-0.4, -0.2) is 33.1 Å². The second-order valence-corrected chi connectivity index (χ2v) is 7.76. The molecule has 1 fully saturated rings. The van der Waals surface area contributed by atoms with Crippen LogP contribution in [0.2, 0.25) is 0 Å². The Hall–Kier alpha value is -0.570. The van der Waals surface area contributed by atoms with Crippen LogP contribution in [-0.2, 0) is 13.8 Å². The third kappa shape index (κ3) is 3.31. The molecule has 0 spiro atoms. The van der Waals surface area contributed by atoms with Gasteiger partial charge in [-0.15, -0.1) is 0 Å². The Kier molecular flexibility index (Phi) is 3.97. The maximum Gasteiger partial charge on any atom is 0.287 e. The first kappa shape index (κ1) is 14.8. The van der Waals surface area contributed by atoms with Gasteiger partial charge in [-0.1, -0.05) is 0 Å². The summed E-state index contributed by atoms with van der Waals surface area (Å²) in [5.74, 6) is -0.639. The first-order valence-corrected chi connectivity index (χ1v) is 8.46. The largest absolute Gasteiger partial charge is 0.443 e. The highest BCUT2D eigenvalue weighted by Gasteiger charge is 2.33. The molecule has 0 saturated carbocycles. The van der Waals surface area contributed by atoms with E-state index in [0.29, 0.717) is 19.6 Å². The SMILES string of the molecule is CC1(NC(=O)c2cc(S(=O)(=O)Cl)c(Br)o2)CCOC1. The number of hydrogen-bond acceptors (Lipinski definition) is 5. The summed E-state index contributed by atoms with van der Waals surface area (Å²) in [7, 11) is 1.25. The highest BCUT2D eigenvalue weighted by atomic mass is 79.9. The number of rotatable bonds is 3. The minimum absolute atomic E-state index is 0.0968. The van der Waals surface area contributed by atoms with Crippen LogP contribution in [0.5, 0.6) is 0 Å². The predicted molar refractivity (Wildman–Crippen MR) is 70.8 cm³/mol. The highest BCUT2D eigenvalue weighted by molar-refractivity contribution is 9.10. The number of carbonyl (C=O) groups is 1. The molecule has 19 heavy (non-hydrogen) atoms. The van der Waals surface area contributed by atoms with Gasteiger partial charge in [0.05, 0.1) is 12.1 Å². The molecule has 1 atom stereocenters. The van der Waals surface area contributed by atoms with Gasteiger partial charge in [0, 0.05) is 23.4 Å². The zero-order valence-electron chi connectivity index (χ0n) is 9.90. The number of carbonyl (C=O) groups excluding carboxylic acids is 1. The number of amides is 1. The summed E-state index contributed by atoms with van der Waals surface area (Å²) >= 11 is 2.91. The molecule has 1 saturated heterocycles. The van der Waals surface area contributed by atoms with E-state index in [4.69, 9.17) is 19.8 Å². The van der Waals surface area contributed by atoms with E-state index in [2.05, 4.69) is 21.2 Å². The van der Waals surface area contributed by atoms with Gasteiger partial charge in [-0.3, -0.25) is 4.79 Å². The van der Waals surface area contributed by atoms with Gasteiger partial charge in [0.2, 0.25) is 0 Å². The van der Waals surface area contributed by atoms with E-state index in [1.807, 2.05) is 6.92 Å². The molecule has 1 unspecified atom stereocenters. The summed E-state index contributed by atoms with van der Waals surface area (Å²) in [4.78, 5) is 11.7. The summed E-state index contributed by atoms with van der Waals surface area (Å²) in [6.07, 6.45) is 0.682. The second kappa shape index (κ2) is 5.08. The van der Waals surface area contributed by atoms with Gasteiger partial charge in [-0.25, -0.2) is 8.42 Å². The summed E-state index contributed by atoms with van der Waals surface area (Å²) in [5.41, 5.74) is -0.476. The van der Waals surface area contributed by atoms with E-state index in [1.165, 1.54) is 0 Å². The smallest absolute Gasteiger partial charge is 0.287 e. The van der Waals surface area contributed by atoms with Crippen LogP contribution in [0.4, 0.5) is 0 Å². The lowest BCUT2D eigenvalue weighted by atomic mass is 10.0. The molecule has 2 rings (SSSR count). The van der Waals surface area contributed by atoms with Gasteiger partial charge in [0.25, 0.3) is 15.0 Å². The molecular weight excluding hydrogens is 362 g/mol. The fraction of sp³-hybridized carbons (Fsp3) is 0.500. The zero-order chi connectivity index (χ0) is 14.3. The number of furan rings is 1. The Bertz CT molecular complexity index is 605. The maximum absolute atomic E-state index is 12.0. The Morgan fingerprint density at radius 2 is 2.26 bits per heavy atom. The molecule has 0 radical (unpaired) electrons. The lowest BCUT2D eigenvalue weighted by Gasteiger charge is -2.22. The van der Waals surface area contributed by atoms with Crippen molar-refractivity contribution in [1.82, 2.24) is 5.32 Å².